The molecule has 32 heavy (non-hydrogen) atoms. The number of morpholine rings is 1. The lowest BCUT2D eigenvalue weighted by Gasteiger charge is -2.27. The van der Waals surface area contributed by atoms with Gasteiger partial charge in [-0.05, 0) is 79.1 Å². The Labute approximate surface area is 193 Å². The second kappa shape index (κ2) is 10.3. The molecule has 0 atom stereocenters. The number of aromatic hydroxyl groups is 1. The molecule has 6 nitrogen and oxygen atoms in total. The first-order valence-electron chi connectivity index (χ1n) is 11.0. The fourth-order valence-electron chi connectivity index (χ4n) is 3.90. The summed E-state index contributed by atoms with van der Waals surface area (Å²) in [7, 11) is 0. The monoisotopic (exact) mass is 451 g/mol. The number of hydrogen-bond acceptors (Lipinski definition) is 6. The van der Waals surface area contributed by atoms with Gasteiger partial charge in [-0.1, -0.05) is 18.2 Å². The lowest BCUT2D eigenvalue weighted by Crippen LogP contribution is -2.38. The first-order valence-corrected chi connectivity index (χ1v) is 11.8. The minimum Gasteiger partial charge on any atom is -0.507 e. The number of amides is 1. The number of phenols is 1. The third kappa shape index (κ3) is 5.41. The second-order valence-electron chi connectivity index (χ2n) is 8.11. The summed E-state index contributed by atoms with van der Waals surface area (Å²) in [5.41, 5.74) is 3.34. The molecule has 0 aliphatic carbocycles. The zero-order chi connectivity index (χ0) is 22.5. The number of carbonyl (C=O) groups excluding carboxylic acids is 1. The SMILES string of the molecule is Cc1cc(C=C2SC(=Nc3ccccc3)N(CCCN3CCOCC3)C2=O)cc(C)c1O. The van der Waals surface area contributed by atoms with Crippen LogP contribution in [0.15, 0.2) is 52.4 Å². The van der Waals surface area contributed by atoms with E-state index in [1.54, 1.807) is 4.90 Å². The quantitative estimate of drug-likeness (QED) is 0.662. The number of phenolic OH excluding ortho intramolecular Hbond substituents is 1. The molecule has 2 aromatic carbocycles. The van der Waals surface area contributed by atoms with Gasteiger partial charge in [0.2, 0.25) is 0 Å². The lowest BCUT2D eigenvalue weighted by molar-refractivity contribution is -0.122. The predicted octanol–water partition coefficient (Wildman–Crippen LogP) is 4.34. The number of hydrogen-bond donors (Lipinski definition) is 1. The van der Waals surface area contributed by atoms with E-state index in [4.69, 9.17) is 9.73 Å². The molecule has 2 saturated heterocycles. The van der Waals surface area contributed by atoms with Crippen LogP contribution >= 0.6 is 11.8 Å². The van der Waals surface area contributed by atoms with E-state index in [1.165, 1.54) is 11.8 Å². The normalized spacial score (nSPS) is 19.9. The number of benzene rings is 2. The van der Waals surface area contributed by atoms with Crippen molar-refractivity contribution in [2.24, 2.45) is 4.99 Å². The summed E-state index contributed by atoms with van der Waals surface area (Å²) in [5, 5.41) is 10.8. The predicted molar refractivity (Wildman–Crippen MR) is 130 cm³/mol. The van der Waals surface area contributed by atoms with E-state index in [0.29, 0.717) is 22.4 Å². The van der Waals surface area contributed by atoms with Crippen molar-refractivity contribution < 1.29 is 14.6 Å². The zero-order valence-electron chi connectivity index (χ0n) is 18.6. The van der Waals surface area contributed by atoms with Crippen LogP contribution in [-0.4, -0.2) is 65.4 Å². The van der Waals surface area contributed by atoms with Crippen LogP contribution in [0.25, 0.3) is 6.08 Å². The Morgan fingerprint density at radius 1 is 1.09 bits per heavy atom. The van der Waals surface area contributed by atoms with Crippen molar-refractivity contribution in [3.05, 3.63) is 64.1 Å². The first-order chi connectivity index (χ1) is 15.5. The number of aryl methyl sites for hydroxylation is 2. The fraction of sp³-hybridized carbons (Fsp3) is 0.360. The first kappa shape index (κ1) is 22.6. The van der Waals surface area contributed by atoms with E-state index in [2.05, 4.69) is 4.90 Å². The molecule has 4 rings (SSSR count). The number of aliphatic imine (C=N–C) groups is 1. The number of thioether (sulfide) groups is 1. The van der Waals surface area contributed by atoms with Crippen LogP contribution in [0, 0.1) is 13.8 Å². The van der Waals surface area contributed by atoms with Gasteiger partial charge in [0.15, 0.2) is 5.17 Å². The van der Waals surface area contributed by atoms with Crippen molar-refractivity contribution in [2.45, 2.75) is 20.3 Å². The maximum atomic E-state index is 13.3. The largest absolute Gasteiger partial charge is 0.507 e. The summed E-state index contributed by atoms with van der Waals surface area (Å²) < 4.78 is 5.42. The van der Waals surface area contributed by atoms with E-state index in [-0.39, 0.29) is 5.91 Å². The number of ether oxygens (including phenoxy) is 1. The highest BCUT2D eigenvalue weighted by molar-refractivity contribution is 8.18. The maximum absolute atomic E-state index is 13.3. The van der Waals surface area contributed by atoms with Gasteiger partial charge in [0, 0.05) is 26.2 Å². The fourth-order valence-corrected chi connectivity index (χ4v) is 4.93. The van der Waals surface area contributed by atoms with Gasteiger partial charge in [-0.3, -0.25) is 14.6 Å². The molecule has 0 saturated carbocycles. The summed E-state index contributed by atoms with van der Waals surface area (Å²) in [5.74, 6) is 0.281. The Bertz CT molecular complexity index is 1010. The highest BCUT2D eigenvalue weighted by Gasteiger charge is 2.33. The summed E-state index contributed by atoms with van der Waals surface area (Å²) in [6, 6.07) is 13.5. The van der Waals surface area contributed by atoms with Gasteiger partial charge in [0.25, 0.3) is 5.91 Å². The van der Waals surface area contributed by atoms with Gasteiger partial charge in [-0.15, -0.1) is 0 Å². The van der Waals surface area contributed by atoms with Crippen molar-refractivity contribution in [3.63, 3.8) is 0 Å². The smallest absolute Gasteiger partial charge is 0.266 e. The summed E-state index contributed by atoms with van der Waals surface area (Å²) in [6.45, 7) is 8.74. The van der Waals surface area contributed by atoms with E-state index in [0.717, 1.165) is 61.6 Å². The average Bonchev–Trinajstić information content (AvgIpc) is 3.07. The van der Waals surface area contributed by atoms with Gasteiger partial charge in [0.1, 0.15) is 5.75 Å². The molecule has 0 unspecified atom stereocenters. The summed E-state index contributed by atoms with van der Waals surface area (Å²) in [4.78, 5) is 22.9. The van der Waals surface area contributed by atoms with E-state index in [9.17, 15) is 9.90 Å². The van der Waals surface area contributed by atoms with Gasteiger partial charge < -0.3 is 9.84 Å². The molecule has 1 amide bonds. The molecular formula is C25H29N3O3S. The van der Waals surface area contributed by atoms with Crippen LogP contribution in [0.3, 0.4) is 0 Å². The highest BCUT2D eigenvalue weighted by Crippen LogP contribution is 2.35. The standard InChI is InChI=1S/C25H29N3O3S/c1-18-15-20(16-19(2)23(18)29)17-22-24(30)28(10-6-9-27-11-13-31-14-12-27)25(32-22)26-21-7-4-3-5-8-21/h3-5,7-8,15-17,29H,6,9-14H2,1-2H3. The van der Waals surface area contributed by atoms with Crippen molar-refractivity contribution in [2.75, 3.05) is 39.4 Å². The van der Waals surface area contributed by atoms with Crippen molar-refractivity contribution in [1.29, 1.82) is 0 Å². The molecule has 168 valence electrons. The Morgan fingerprint density at radius 3 is 2.47 bits per heavy atom. The van der Waals surface area contributed by atoms with Crippen LogP contribution in [-0.2, 0) is 9.53 Å². The van der Waals surface area contributed by atoms with Gasteiger partial charge in [-0.25, -0.2) is 4.99 Å². The molecular weight excluding hydrogens is 422 g/mol. The molecule has 7 heteroatoms. The van der Waals surface area contributed by atoms with Crippen LogP contribution in [0.2, 0.25) is 0 Å². The van der Waals surface area contributed by atoms with Crippen molar-refractivity contribution >= 4 is 34.6 Å². The number of rotatable bonds is 6. The Kier molecular flexibility index (Phi) is 7.29. The van der Waals surface area contributed by atoms with E-state index >= 15 is 0 Å². The van der Waals surface area contributed by atoms with Gasteiger partial charge in [0.05, 0.1) is 23.8 Å². The molecule has 2 aliphatic rings. The number of amidine groups is 1. The lowest BCUT2D eigenvalue weighted by atomic mass is 10.1. The van der Waals surface area contributed by atoms with Crippen LogP contribution in [0.4, 0.5) is 5.69 Å². The molecule has 0 spiro atoms. The maximum Gasteiger partial charge on any atom is 0.266 e. The number of carbonyl (C=O) groups is 1. The Balaban J connectivity index is 1.55. The summed E-state index contributed by atoms with van der Waals surface area (Å²) >= 11 is 1.41. The van der Waals surface area contributed by atoms with Crippen LogP contribution in [0.1, 0.15) is 23.1 Å². The molecule has 0 bridgehead atoms. The molecule has 2 aromatic rings. The van der Waals surface area contributed by atoms with Crippen LogP contribution < -0.4 is 0 Å². The molecule has 2 aliphatic heterocycles. The highest BCUT2D eigenvalue weighted by atomic mass is 32.2. The minimum atomic E-state index is -0.0185. The number of nitrogens with zero attached hydrogens (tertiary/aromatic N) is 3. The van der Waals surface area contributed by atoms with E-state index < -0.39 is 0 Å². The zero-order valence-corrected chi connectivity index (χ0v) is 19.4. The summed E-state index contributed by atoms with van der Waals surface area (Å²) in [6.07, 6.45) is 2.78. The van der Waals surface area contributed by atoms with Gasteiger partial charge >= 0.3 is 0 Å². The van der Waals surface area contributed by atoms with Crippen molar-refractivity contribution in [3.8, 4) is 5.75 Å². The third-order valence-electron chi connectivity index (χ3n) is 5.64. The molecule has 1 N–H and O–H groups in total. The third-order valence-corrected chi connectivity index (χ3v) is 6.65. The molecule has 2 fully saturated rings. The van der Waals surface area contributed by atoms with E-state index in [1.807, 2.05) is 62.4 Å². The topological polar surface area (TPSA) is 65.4 Å². The Hall–Kier alpha value is -2.61. The number of para-hydroxylation sites is 1. The second-order valence-corrected chi connectivity index (χ2v) is 9.12. The van der Waals surface area contributed by atoms with Gasteiger partial charge in [-0.2, -0.15) is 0 Å². The molecule has 2 heterocycles. The molecule has 0 aromatic heterocycles. The minimum absolute atomic E-state index is 0.0185. The van der Waals surface area contributed by atoms with Crippen molar-refractivity contribution in [1.82, 2.24) is 9.80 Å². The van der Waals surface area contributed by atoms with Crippen LogP contribution in [0.5, 0.6) is 5.75 Å². The average molecular weight is 452 g/mol. The molecule has 0 radical (unpaired) electrons. The Morgan fingerprint density at radius 2 is 1.78 bits per heavy atom.